The molecule has 3 nitrogen and oxygen atoms in total. The first-order chi connectivity index (χ1) is 6.59. The fraction of sp³-hybridized carbons (Fsp3) is 0.300. The van der Waals surface area contributed by atoms with Crippen LogP contribution in [0.25, 0.3) is 0 Å². The first-order valence-corrected chi connectivity index (χ1v) is 5.17. The van der Waals surface area contributed by atoms with E-state index in [1.165, 1.54) is 0 Å². The van der Waals surface area contributed by atoms with Crippen LogP contribution in [-0.2, 0) is 4.79 Å². The summed E-state index contributed by atoms with van der Waals surface area (Å²) in [4.78, 5) is 10.5. The second-order valence-electron chi connectivity index (χ2n) is 3.10. The van der Waals surface area contributed by atoms with Crippen LogP contribution >= 0.6 is 15.9 Å². The highest BCUT2D eigenvalue weighted by Gasteiger charge is 1.99. The monoisotopic (exact) mass is 256 g/mol. The van der Waals surface area contributed by atoms with Gasteiger partial charge in [0.2, 0.25) is 5.91 Å². The average molecular weight is 257 g/mol. The second kappa shape index (κ2) is 5.00. The molecular weight excluding hydrogens is 244 g/mol. The first kappa shape index (κ1) is 11.0. The average Bonchev–Trinajstić information content (AvgIpc) is 2.10. The van der Waals surface area contributed by atoms with E-state index < -0.39 is 0 Å². The predicted molar refractivity (Wildman–Crippen MR) is 61.2 cm³/mol. The van der Waals surface area contributed by atoms with Gasteiger partial charge in [0.1, 0.15) is 0 Å². The summed E-state index contributed by atoms with van der Waals surface area (Å²) >= 11 is 3.39. The van der Waals surface area contributed by atoms with Gasteiger partial charge in [0.15, 0.2) is 0 Å². The minimum atomic E-state index is -0.287. The maximum Gasteiger partial charge on any atom is 0.219 e. The Morgan fingerprint density at radius 1 is 1.57 bits per heavy atom. The molecule has 0 spiro atoms. The molecule has 0 aliphatic carbocycles. The maximum absolute atomic E-state index is 10.5. The zero-order chi connectivity index (χ0) is 10.6. The first-order valence-electron chi connectivity index (χ1n) is 4.38. The zero-order valence-electron chi connectivity index (χ0n) is 8.01. The largest absolute Gasteiger partial charge is 0.384 e. The fourth-order valence-electron chi connectivity index (χ4n) is 1.11. The Bertz CT molecular complexity index is 339. The van der Waals surface area contributed by atoms with Gasteiger partial charge in [-0.05, 0) is 24.6 Å². The number of hydrogen-bond donors (Lipinski definition) is 2. The van der Waals surface area contributed by atoms with Crippen molar-refractivity contribution in [1.82, 2.24) is 0 Å². The Balaban J connectivity index is 2.57. The van der Waals surface area contributed by atoms with Crippen molar-refractivity contribution in [2.45, 2.75) is 13.3 Å². The maximum atomic E-state index is 10.5. The third-order valence-electron chi connectivity index (χ3n) is 1.89. The molecule has 1 aromatic carbocycles. The molecule has 0 atom stereocenters. The molecule has 4 heteroatoms. The van der Waals surface area contributed by atoms with E-state index >= 15 is 0 Å². The number of nitrogens with two attached hydrogens (primary N) is 1. The fourth-order valence-corrected chi connectivity index (χ4v) is 1.47. The van der Waals surface area contributed by atoms with Gasteiger partial charge >= 0.3 is 0 Å². The molecule has 0 aromatic heterocycles. The van der Waals surface area contributed by atoms with Crippen LogP contribution in [0.15, 0.2) is 22.7 Å². The molecule has 14 heavy (non-hydrogen) atoms. The van der Waals surface area contributed by atoms with Crippen LogP contribution in [0.3, 0.4) is 0 Å². The molecule has 0 heterocycles. The van der Waals surface area contributed by atoms with Crippen LogP contribution in [0.5, 0.6) is 0 Å². The van der Waals surface area contributed by atoms with Crippen molar-refractivity contribution in [2.24, 2.45) is 5.73 Å². The standard InChI is InChI=1S/C10H13BrN2O/c1-7-2-3-8(11)6-9(7)13-5-4-10(12)14/h2-3,6,13H,4-5H2,1H3,(H2,12,14). The van der Waals surface area contributed by atoms with E-state index in [9.17, 15) is 4.79 Å². The number of halogens is 1. The molecular formula is C10H13BrN2O. The molecule has 1 amide bonds. The number of amides is 1. The van der Waals surface area contributed by atoms with Crippen molar-refractivity contribution in [3.63, 3.8) is 0 Å². The number of rotatable bonds is 4. The minimum absolute atomic E-state index is 0.287. The van der Waals surface area contributed by atoms with Crippen LogP contribution in [0, 0.1) is 6.92 Å². The third kappa shape index (κ3) is 3.38. The lowest BCUT2D eigenvalue weighted by Crippen LogP contribution is -2.16. The molecule has 3 N–H and O–H groups in total. The smallest absolute Gasteiger partial charge is 0.219 e. The Morgan fingerprint density at radius 3 is 2.93 bits per heavy atom. The number of aryl methyl sites for hydroxylation is 1. The molecule has 0 saturated heterocycles. The van der Waals surface area contributed by atoms with Crippen molar-refractivity contribution < 1.29 is 4.79 Å². The molecule has 1 aromatic rings. The van der Waals surface area contributed by atoms with Crippen LogP contribution in [0.1, 0.15) is 12.0 Å². The lowest BCUT2D eigenvalue weighted by atomic mass is 10.2. The van der Waals surface area contributed by atoms with Crippen molar-refractivity contribution in [3.05, 3.63) is 28.2 Å². The van der Waals surface area contributed by atoms with Crippen LogP contribution < -0.4 is 11.1 Å². The molecule has 76 valence electrons. The molecule has 0 unspecified atom stereocenters. The quantitative estimate of drug-likeness (QED) is 0.867. The van der Waals surface area contributed by atoms with Gasteiger partial charge in [0, 0.05) is 23.1 Å². The number of anilines is 1. The van der Waals surface area contributed by atoms with E-state index in [1.807, 2.05) is 25.1 Å². The lowest BCUT2D eigenvalue weighted by Gasteiger charge is -2.08. The summed E-state index contributed by atoms with van der Waals surface area (Å²) in [7, 11) is 0. The third-order valence-corrected chi connectivity index (χ3v) is 2.38. The van der Waals surface area contributed by atoms with Gasteiger partial charge in [-0.3, -0.25) is 4.79 Å². The number of primary amides is 1. The van der Waals surface area contributed by atoms with Crippen molar-refractivity contribution in [1.29, 1.82) is 0 Å². The predicted octanol–water partition coefficient (Wildman–Crippen LogP) is 2.04. The highest BCUT2D eigenvalue weighted by molar-refractivity contribution is 9.10. The molecule has 0 radical (unpaired) electrons. The zero-order valence-corrected chi connectivity index (χ0v) is 9.60. The van der Waals surface area contributed by atoms with Gasteiger partial charge in [-0.1, -0.05) is 22.0 Å². The Hall–Kier alpha value is -1.03. The summed E-state index contributed by atoms with van der Waals surface area (Å²) in [5, 5.41) is 3.15. The second-order valence-corrected chi connectivity index (χ2v) is 4.02. The van der Waals surface area contributed by atoms with Crippen LogP contribution in [0.4, 0.5) is 5.69 Å². The summed E-state index contributed by atoms with van der Waals surface area (Å²) < 4.78 is 1.02. The summed E-state index contributed by atoms with van der Waals surface area (Å²) in [5.74, 6) is -0.287. The van der Waals surface area contributed by atoms with E-state index in [4.69, 9.17) is 5.73 Å². The summed E-state index contributed by atoms with van der Waals surface area (Å²) in [5.41, 5.74) is 7.22. The van der Waals surface area contributed by atoms with E-state index in [0.717, 1.165) is 15.7 Å². The number of hydrogen-bond acceptors (Lipinski definition) is 2. The van der Waals surface area contributed by atoms with E-state index in [0.29, 0.717) is 13.0 Å². The van der Waals surface area contributed by atoms with Crippen LogP contribution in [-0.4, -0.2) is 12.5 Å². The van der Waals surface area contributed by atoms with E-state index in [-0.39, 0.29) is 5.91 Å². The van der Waals surface area contributed by atoms with Gasteiger partial charge in [0.25, 0.3) is 0 Å². The van der Waals surface area contributed by atoms with Gasteiger partial charge in [-0.15, -0.1) is 0 Å². The van der Waals surface area contributed by atoms with Gasteiger partial charge in [0.05, 0.1) is 0 Å². The van der Waals surface area contributed by atoms with Crippen molar-refractivity contribution in [2.75, 3.05) is 11.9 Å². The topological polar surface area (TPSA) is 55.1 Å². The normalized spacial score (nSPS) is 9.86. The SMILES string of the molecule is Cc1ccc(Br)cc1NCCC(N)=O. The van der Waals surface area contributed by atoms with E-state index in [1.54, 1.807) is 0 Å². The van der Waals surface area contributed by atoms with Crippen molar-refractivity contribution in [3.8, 4) is 0 Å². The summed E-state index contributed by atoms with van der Waals surface area (Å²) in [6, 6.07) is 5.97. The van der Waals surface area contributed by atoms with E-state index in [2.05, 4.69) is 21.2 Å². The molecule has 0 aliphatic heterocycles. The highest BCUT2D eigenvalue weighted by atomic mass is 79.9. The molecule has 0 saturated carbocycles. The lowest BCUT2D eigenvalue weighted by molar-refractivity contribution is -0.117. The Morgan fingerprint density at radius 2 is 2.29 bits per heavy atom. The Kier molecular flexibility index (Phi) is 3.95. The molecule has 0 bridgehead atoms. The number of carbonyl (C=O) groups is 1. The minimum Gasteiger partial charge on any atom is -0.384 e. The molecule has 0 fully saturated rings. The Labute approximate surface area is 91.8 Å². The van der Waals surface area contributed by atoms with Crippen LogP contribution in [0.2, 0.25) is 0 Å². The number of benzene rings is 1. The molecule has 0 aliphatic rings. The number of nitrogens with one attached hydrogen (secondary N) is 1. The van der Waals surface area contributed by atoms with Gasteiger partial charge < -0.3 is 11.1 Å². The summed E-state index contributed by atoms with van der Waals surface area (Å²) in [6.45, 7) is 2.59. The number of carbonyl (C=O) groups excluding carboxylic acids is 1. The summed E-state index contributed by atoms with van der Waals surface area (Å²) in [6.07, 6.45) is 0.353. The van der Waals surface area contributed by atoms with Gasteiger partial charge in [-0.25, -0.2) is 0 Å². The van der Waals surface area contributed by atoms with Crippen molar-refractivity contribution >= 4 is 27.5 Å². The molecule has 1 rings (SSSR count). The highest BCUT2D eigenvalue weighted by Crippen LogP contribution is 2.20. The van der Waals surface area contributed by atoms with Gasteiger partial charge in [-0.2, -0.15) is 0 Å².